The van der Waals surface area contributed by atoms with E-state index in [9.17, 15) is 22.8 Å². The molecule has 0 bridgehead atoms. The Morgan fingerprint density at radius 1 is 1.18 bits per heavy atom. The standard InChI is InChI=1S/C30H28ClF5N8/c1-15-19(6-7-22(32)40-15)25(26-27(33)44(43-42-26)29(8-9-29)17-4-5-17)41-18-10-20-23(39-14-28(2,3)30(34,35)36)16(12-37)13-38-24(20)21(31)11-18/h6-7,10-11,13,17,25,41H,4-5,8-9,14H2,1-3H3,(H,38,39). The molecule has 2 fully saturated rings. The first-order chi connectivity index (χ1) is 20.8. The first-order valence-corrected chi connectivity index (χ1v) is 14.5. The molecule has 1 aromatic carbocycles. The van der Waals surface area contributed by atoms with Gasteiger partial charge in [0.05, 0.1) is 32.7 Å². The van der Waals surface area contributed by atoms with E-state index >= 15 is 4.39 Å². The summed E-state index contributed by atoms with van der Waals surface area (Å²) in [6.07, 6.45) is 0.352. The minimum Gasteiger partial charge on any atom is -0.382 e. The number of aryl methyl sites for hydroxylation is 1. The normalized spacial score (nSPS) is 16.9. The summed E-state index contributed by atoms with van der Waals surface area (Å²) in [5, 5.41) is 24.6. The Morgan fingerprint density at radius 2 is 1.91 bits per heavy atom. The smallest absolute Gasteiger partial charge is 0.382 e. The quantitative estimate of drug-likeness (QED) is 0.146. The van der Waals surface area contributed by atoms with E-state index in [1.54, 1.807) is 13.0 Å². The SMILES string of the molecule is Cc1nc(F)ccc1C(Nc1cc(Cl)c2ncc(C#N)c(NCC(C)(C)C(F)(F)F)c2c1)c1nnn(C2(C3CC3)CC2)c1F. The van der Waals surface area contributed by atoms with Crippen LogP contribution in [0.4, 0.5) is 33.3 Å². The number of aromatic nitrogens is 5. The Morgan fingerprint density at radius 3 is 2.52 bits per heavy atom. The maximum Gasteiger partial charge on any atom is 0.395 e. The van der Waals surface area contributed by atoms with Gasteiger partial charge < -0.3 is 10.6 Å². The molecule has 8 nitrogen and oxygen atoms in total. The van der Waals surface area contributed by atoms with Crippen LogP contribution in [0.3, 0.4) is 0 Å². The fourth-order valence-electron chi connectivity index (χ4n) is 5.62. The topological polar surface area (TPSA) is 104 Å². The maximum absolute atomic E-state index is 16.1. The summed E-state index contributed by atoms with van der Waals surface area (Å²) in [5.74, 6) is -0.976. The van der Waals surface area contributed by atoms with Crippen molar-refractivity contribution < 1.29 is 22.0 Å². The lowest BCUT2D eigenvalue weighted by atomic mass is 9.92. The van der Waals surface area contributed by atoms with Crippen molar-refractivity contribution in [2.24, 2.45) is 11.3 Å². The maximum atomic E-state index is 16.1. The highest BCUT2D eigenvalue weighted by atomic mass is 35.5. The molecule has 3 aromatic heterocycles. The Labute approximate surface area is 254 Å². The van der Waals surface area contributed by atoms with Gasteiger partial charge in [0.25, 0.3) is 0 Å². The molecule has 230 valence electrons. The monoisotopic (exact) mass is 630 g/mol. The number of hydrogen-bond donors (Lipinski definition) is 2. The zero-order valence-electron chi connectivity index (χ0n) is 24.0. The van der Waals surface area contributed by atoms with E-state index in [0.717, 1.165) is 45.6 Å². The molecule has 2 N–H and O–H groups in total. The molecule has 1 unspecified atom stereocenters. The largest absolute Gasteiger partial charge is 0.395 e. The van der Waals surface area contributed by atoms with Crippen molar-refractivity contribution in [3.63, 3.8) is 0 Å². The van der Waals surface area contributed by atoms with Crippen molar-refractivity contribution in [1.82, 2.24) is 25.0 Å². The van der Waals surface area contributed by atoms with E-state index in [-0.39, 0.29) is 44.1 Å². The third-order valence-corrected chi connectivity index (χ3v) is 8.96. The molecule has 2 aliphatic rings. The van der Waals surface area contributed by atoms with Gasteiger partial charge in [-0.2, -0.15) is 27.2 Å². The molecule has 6 rings (SSSR count). The van der Waals surface area contributed by atoms with Gasteiger partial charge in [-0.15, -0.1) is 5.10 Å². The molecule has 44 heavy (non-hydrogen) atoms. The van der Waals surface area contributed by atoms with Gasteiger partial charge in [0.2, 0.25) is 11.9 Å². The van der Waals surface area contributed by atoms with Crippen LogP contribution in [0.25, 0.3) is 10.9 Å². The fourth-order valence-corrected chi connectivity index (χ4v) is 5.89. The molecular formula is C30H28ClF5N8. The number of alkyl halides is 3. The number of anilines is 2. The number of nitriles is 1. The van der Waals surface area contributed by atoms with E-state index in [2.05, 4.69) is 30.9 Å². The summed E-state index contributed by atoms with van der Waals surface area (Å²) in [4.78, 5) is 8.17. The Hall–Kier alpha value is -4.05. The van der Waals surface area contributed by atoms with Crippen molar-refractivity contribution in [3.8, 4) is 6.07 Å². The number of nitrogens with zero attached hydrogens (tertiary/aromatic N) is 6. The van der Waals surface area contributed by atoms with Gasteiger partial charge in [-0.3, -0.25) is 4.98 Å². The van der Waals surface area contributed by atoms with Crippen molar-refractivity contribution in [3.05, 3.63) is 69.9 Å². The van der Waals surface area contributed by atoms with E-state index in [4.69, 9.17) is 11.6 Å². The van der Waals surface area contributed by atoms with Gasteiger partial charge in [-0.25, -0.2) is 9.67 Å². The predicted octanol–water partition coefficient (Wildman–Crippen LogP) is 7.43. The number of rotatable bonds is 9. The molecule has 14 heteroatoms. The van der Waals surface area contributed by atoms with E-state index in [1.807, 2.05) is 6.07 Å². The van der Waals surface area contributed by atoms with Crippen LogP contribution in [-0.2, 0) is 5.54 Å². The lowest BCUT2D eigenvalue weighted by Gasteiger charge is -2.28. The number of hydrogen-bond acceptors (Lipinski definition) is 7. The molecule has 0 radical (unpaired) electrons. The first-order valence-electron chi connectivity index (χ1n) is 14.1. The summed E-state index contributed by atoms with van der Waals surface area (Å²) in [6.45, 7) is 3.16. The minimum atomic E-state index is -4.51. The number of halogens is 6. The van der Waals surface area contributed by atoms with E-state index in [0.29, 0.717) is 17.2 Å². The second-order valence-electron chi connectivity index (χ2n) is 12.2. The number of benzene rings is 1. The van der Waals surface area contributed by atoms with Gasteiger partial charge in [0, 0.05) is 35.1 Å². The number of nitrogens with one attached hydrogen (secondary N) is 2. The van der Waals surface area contributed by atoms with Crippen LogP contribution in [0.1, 0.15) is 68.1 Å². The Balaban J connectivity index is 1.44. The van der Waals surface area contributed by atoms with Crippen LogP contribution in [0, 0.1) is 41.5 Å². The fraction of sp³-hybridized carbons (Fsp3) is 0.433. The van der Waals surface area contributed by atoms with Crippen molar-refractivity contribution in [2.45, 2.75) is 64.2 Å². The molecule has 2 aliphatic carbocycles. The Kier molecular flexibility index (Phi) is 7.19. The second-order valence-corrected chi connectivity index (χ2v) is 12.6. The van der Waals surface area contributed by atoms with Gasteiger partial charge in [0.15, 0.2) is 0 Å². The highest BCUT2D eigenvalue weighted by Crippen LogP contribution is 2.59. The van der Waals surface area contributed by atoms with Crippen molar-refractivity contribution in [2.75, 3.05) is 17.2 Å². The molecule has 4 aromatic rings. The predicted molar refractivity (Wildman–Crippen MR) is 154 cm³/mol. The van der Waals surface area contributed by atoms with Crippen LogP contribution in [0.5, 0.6) is 0 Å². The van der Waals surface area contributed by atoms with Crippen LogP contribution >= 0.6 is 11.6 Å². The van der Waals surface area contributed by atoms with Crippen molar-refractivity contribution in [1.29, 1.82) is 5.26 Å². The molecule has 0 spiro atoms. The van der Waals surface area contributed by atoms with Gasteiger partial charge in [-0.05, 0) is 70.6 Å². The molecule has 1 atom stereocenters. The summed E-state index contributed by atoms with van der Waals surface area (Å²) in [7, 11) is 0. The molecule has 3 heterocycles. The summed E-state index contributed by atoms with van der Waals surface area (Å²) in [6, 6.07) is 6.70. The van der Waals surface area contributed by atoms with E-state index < -0.39 is 36.1 Å². The van der Waals surface area contributed by atoms with Crippen LogP contribution in [0.15, 0.2) is 30.5 Å². The zero-order valence-corrected chi connectivity index (χ0v) is 24.8. The van der Waals surface area contributed by atoms with Crippen LogP contribution in [0.2, 0.25) is 5.02 Å². The number of pyridine rings is 2. The molecule has 2 saturated carbocycles. The van der Waals surface area contributed by atoms with Gasteiger partial charge in [0.1, 0.15) is 17.8 Å². The van der Waals surface area contributed by atoms with Crippen LogP contribution in [-0.4, -0.2) is 37.7 Å². The first kappa shape index (κ1) is 30.0. The van der Waals surface area contributed by atoms with Crippen molar-refractivity contribution >= 4 is 33.9 Å². The lowest BCUT2D eigenvalue weighted by Crippen LogP contribution is -2.38. The molecular weight excluding hydrogens is 603 g/mol. The lowest BCUT2D eigenvalue weighted by molar-refractivity contribution is -0.206. The van der Waals surface area contributed by atoms with Crippen LogP contribution < -0.4 is 10.6 Å². The third kappa shape index (κ3) is 5.19. The molecule has 0 saturated heterocycles. The third-order valence-electron chi connectivity index (χ3n) is 8.67. The van der Waals surface area contributed by atoms with Gasteiger partial charge in [-0.1, -0.05) is 22.9 Å². The minimum absolute atomic E-state index is 0.0163. The summed E-state index contributed by atoms with van der Waals surface area (Å²) in [5.41, 5.74) is -1.10. The Bertz CT molecular complexity index is 1800. The van der Waals surface area contributed by atoms with Gasteiger partial charge >= 0.3 is 6.18 Å². The summed E-state index contributed by atoms with van der Waals surface area (Å²) >= 11 is 6.60. The molecule has 0 aliphatic heterocycles. The average Bonchev–Trinajstić information content (AvgIpc) is 3.88. The van der Waals surface area contributed by atoms with E-state index in [1.165, 1.54) is 23.0 Å². The average molecular weight is 631 g/mol. The highest BCUT2D eigenvalue weighted by Gasteiger charge is 2.58. The summed E-state index contributed by atoms with van der Waals surface area (Å²) < 4.78 is 72.4. The second kappa shape index (κ2) is 10.5. The highest BCUT2D eigenvalue weighted by molar-refractivity contribution is 6.35. The number of fused-ring (bicyclic) bond motifs is 1. The zero-order chi connectivity index (χ0) is 31.6. The molecule has 0 amide bonds.